The summed E-state index contributed by atoms with van der Waals surface area (Å²) in [5.41, 5.74) is 1.81. The van der Waals surface area contributed by atoms with Crippen LogP contribution in [0.1, 0.15) is 42.3 Å². The molecule has 0 N–H and O–H groups in total. The Morgan fingerprint density at radius 2 is 1.88 bits per heavy atom. The standard InChI is InChI=1S/C17H26N6O/c1-12(2)5-6-21-7-9-22(10-8-21)16(24)15-19-17-18-13(3)11-14(4)23(17)20-15/h11-12H,5-10H2,1-4H3. The number of rotatable bonds is 4. The Morgan fingerprint density at radius 3 is 2.54 bits per heavy atom. The first-order valence-electron chi connectivity index (χ1n) is 8.66. The van der Waals surface area contributed by atoms with Crippen LogP contribution >= 0.6 is 0 Å². The summed E-state index contributed by atoms with van der Waals surface area (Å²) in [5.74, 6) is 1.35. The Labute approximate surface area is 142 Å². The van der Waals surface area contributed by atoms with Crippen LogP contribution < -0.4 is 0 Å². The van der Waals surface area contributed by atoms with Crippen molar-refractivity contribution in [3.63, 3.8) is 0 Å². The zero-order valence-electron chi connectivity index (χ0n) is 15.0. The number of nitrogens with zero attached hydrogens (tertiary/aromatic N) is 6. The van der Waals surface area contributed by atoms with Crippen LogP contribution in [-0.4, -0.2) is 68.0 Å². The molecule has 0 unspecified atom stereocenters. The SMILES string of the molecule is Cc1cc(C)n2nc(C(=O)N3CCN(CCC(C)C)CC3)nc2n1. The monoisotopic (exact) mass is 330 g/mol. The van der Waals surface area contributed by atoms with E-state index in [-0.39, 0.29) is 11.7 Å². The highest BCUT2D eigenvalue weighted by Gasteiger charge is 2.25. The number of hydrogen-bond acceptors (Lipinski definition) is 5. The Hall–Kier alpha value is -2.02. The molecule has 2 aromatic rings. The van der Waals surface area contributed by atoms with Crippen LogP contribution in [0.5, 0.6) is 0 Å². The molecule has 1 amide bonds. The van der Waals surface area contributed by atoms with Gasteiger partial charge in [-0.15, -0.1) is 5.10 Å². The van der Waals surface area contributed by atoms with Crippen molar-refractivity contribution in [1.29, 1.82) is 0 Å². The molecule has 0 spiro atoms. The third-order valence-corrected chi connectivity index (χ3v) is 4.49. The van der Waals surface area contributed by atoms with Gasteiger partial charge in [0, 0.05) is 37.6 Å². The minimum atomic E-state index is -0.0962. The van der Waals surface area contributed by atoms with Gasteiger partial charge in [0.05, 0.1) is 0 Å². The predicted octanol–water partition coefficient (Wildman–Crippen LogP) is 1.55. The molecule has 1 saturated heterocycles. The first kappa shape index (κ1) is 16.8. The minimum Gasteiger partial charge on any atom is -0.333 e. The second kappa shape index (κ2) is 6.84. The fraction of sp³-hybridized carbons (Fsp3) is 0.647. The highest BCUT2D eigenvalue weighted by molar-refractivity contribution is 5.91. The van der Waals surface area contributed by atoms with Crippen molar-refractivity contribution in [3.8, 4) is 0 Å². The molecule has 1 aliphatic heterocycles. The van der Waals surface area contributed by atoms with E-state index in [2.05, 4.69) is 33.8 Å². The molecule has 130 valence electrons. The highest BCUT2D eigenvalue weighted by atomic mass is 16.2. The first-order valence-corrected chi connectivity index (χ1v) is 8.66. The van der Waals surface area contributed by atoms with Gasteiger partial charge in [-0.25, -0.2) is 9.50 Å². The molecule has 1 aliphatic rings. The first-order chi connectivity index (χ1) is 11.4. The maximum Gasteiger partial charge on any atom is 0.293 e. The number of piperazine rings is 1. The van der Waals surface area contributed by atoms with Crippen LogP contribution in [0.2, 0.25) is 0 Å². The van der Waals surface area contributed by atoms with Gasteiger partial charge in [0.25, 0.3) is 11.7 Å². The van der Waals surface area contributed by atoms with Gasteiger partial charge in [0.15, 0.2) is 0 Å². The second-order valence-corrected chi connectivity index (χ2v) is 7.00. The Bertz CT molecular complexity index is 730. The van der Waals surface area contributed by atoms with Crippen molar-refractivity contribution in [2.75, 3.05) is 32.7 Å². The summed E-state index contributed by atoms with van der Waals surface area (Å²) in [6, 6.07) is 1.93. The average Bonchev–Trinajstić information content (AvgIpc) is 2.97. The molecule has 1 fully saturated rings. The second-order valence-electron chi connectivity index (χ2n) is 7.00. The number of fused-ring (bicyclic) bond motifs is 1. The van der Waals surface area contributed by atoms with Crippen molar-refractivity contribution in [2.45, 2.75) is 34.1 Å². The van der Waals surface area contributed by atoms with Crippen LogP contribution in [0.15, 0.2) is 6.07 Å². The van der Waals surface area contributed by atoms with Crippen molar-refractivity contribution in [2.24, 2.45) is 5.92 Å². The Kier molecular flexibility index (Phi) is 4.80. The van der Waals surface area contributed by atoms with E-state index in [0.29, 0.717) is 11.7 Å². The lowest BCUT2D eigenvalue weighted by atomic mass is 10.1. The van der Waals surface area contributed by atoms with Gasteiger partial charge in [-0.2, -0.15) is 4.98 Å². The molecule has 7 nitrogen and oxygen atoms in total. The zero-order valence-corrected chi connectivity index (χ0v) is 15.0. The highest BCUT2D eigenvalue weighted by Crippen LogP contribution is 2.11. The van der Waals surface area contributed by atoms with Gasteiger partial charge in [0.2, 0.25) is 5.82 Å². The predicted molar refractivity (Wildman–Crippen MR) is 92.1 cm³/mol. The normalized spacial score (nSPS) is 16.3. The van der Waals surface area contributed by atoms with Crippen molar-refractivity contribution < 1.29 is 4.79 Å². The van der Waals surface area contributed by atoms with E-state index in [1.807, 2.05) is 24.8 Å². The fourth-order valence-corrected chi connectivity index (χ4v) is 3.01. The zero-order chi connectivity index (χ0) is 17.3. The summed E-state index contributed by atoms with van der Waals surface area (Å²) in [6.07, 6.45) is 1.20. The number of aryl methyl sites for hydroxylation is 2. The number of carbonyl (C=O) groups excluding carboxylic acids is 1. The van der Waals surface area contributed by atoms with E-state index in [0.717, 1.165) is 44.1 Å². The van der Waals surface area contributed by atoms with E-state index < -0.39 is 0 Å². The summed E-state index contributed by atoms with van der Waals surface area (Å²) in [7, 11) is 0. The van der Waals surface area contributed by atoms with E-state index in [4.69, 9.17) is 0 Å². The average molecular weight is 330 g/mol. The quantitative estimate of drug-likeness (QED) is 0.851. The minimum absolute atomic E-state index is 0.0962. The lowest BCUT2D eigenvalue weighted by Crippen LogP contribution is -2.49. The lowest BCUT2D eigenvalue weighted by Gasteiger charge is -2.34. The molecule has 3 heterocycles. The molecule has 0 atom stereocenters. The molecule has 3 rings (SSSR count). The maximum atomic E-state index is 12.7. The van der Waals surface area contributed by atoms with Crippen LogP contribution in [0, 0.1) is 19.8 Å². The molecule has 0 radical (unpaired) electrons. The summed E-state index contributed by atoms with van der Waals surface area (Å²) in [5, 5.41) is 4.35. The van der Waals surface area contributed by atoms with Crippen LogP contribution in [-0.2, 0) is 0 Å². The van der Waals surface area contributed by atoms with E-state index in [9.17, 15) is 4.79 Å². The summed E-state index contributed by atoms with van der Waals surface area (Å²) in [4.78, 5) is 25.6. The smallest absolute Gasteiger partial charge is 0.293 e. The van der Waals surface area contributed by atoms with Crippen molar-refractivity contribution >= 4 is 11.7 Å². The molecular formula is C17H26N6O. The van der Waals surface area contributed by atoms with Crippen molar-refractivity contribution in [1.82, 2.24) is 29.4 Å². The van der Waals surface area contributed by atoms with Crippen molar-refractivity contribution in [3.05, 3.63) is 23.3 Å². The molecule has 0 bridgehead atoms. The van der Waals surface area contributed by atoms with Crippen LogP contribution in [0.3, 0.4) is 0 Å². The Balaban J connectivity index is 1.66. The topological polar surface area (TPSA) is 66.6 Å². The van der Waals surface area contributed by atoms with Crippen LogP contribution in [0.25, 0.3) is 5.78 Å². The molecular weight excluding hydrogens is 304 g/mol. The van der Waals surface area contributed by atoms with E-state index in [1.54, 1.807) is 4.52 Å². The third kappa shape index (κ3) is 3.56. The van der Waals surface area contributed by atoms with Gasteiger partial charge >= 0.3 is 0 Å². The fourth-order valence-electron chi connectivity index (χ4n) is 3.01. The van der Waals surface area contributed by atoms with Gasteiger partial charge in [-0.1, -0.05) is 13.8 Å². The Morgan fingerprint density at radius 1 is 1.17 bits per heavy atom. The molecule has 0 saturated carbocycles. The van der Waals surface area contributed by atoms with Crippen LogP contribution in [0.4, 0.5) is 0 Å². The third-order valence-electron chi connectivity index (χ3n) is 4.49. The molecule has 24 heavy (non-hydrogen) atoms. The van der Waals surface area contributed by atoms with E-state index in [1.165, 1.54) is 6.42 Å². The number of carbonyl (C=O) groups is 1. The number of aromatic nitrogens is 4. The van der Waals surface area contributed by atoms with Gasteiger partial charge in [-0.05, 0) is 38.8 Å². The largest absolute Gasteiger partial charge is 0.333 e. The van der Waals surface area contributed by atoms with Gasteiger partial charge in [-0.3, -0.25) is 9.69 Å². The summed E-state index contributed by atoms with van der Waals surface area (Å²) < 4.78 is 1.64. The molecule has 7 heteroatoms. The lowest BCUT2D eigenvalue weighted by molar-refractivity contribution is 0.0620. The van der Waals surface area contributed by atoms with Gasteiger partial charge in [0.1, 0.15) is 0 Å². The maximum absolute atomic E-state index is 12.7. The van der Waals surface area contributed by atoms with Gasteiger partial charge < -0.3 is 4.90 Å². The molecule has 0 aromatic carbocycles. The number of amides is 1. The summed E-state index contributed by atoms with van der Waals surface area (Å²) in [6.45, 7) is 12.8. The molecule has 2 aromatic heterocycles. The molecule has 0 aliphatic carbocycles. The summed E-state index contributed by atoms with van der Waals surface area (Å²) >= 11 is 0. The van der Waals surface area contributed by atoms with E-state index >= 15 is 0 Å². The number of hydrogen-bond donors (Lipinski definition) is 0.